The Labute approximate surface area is 152 Å². The lowest BCUT2D eigenvalue weighted by atomic mass is 10.2. The summed E-state index contributed by atoms with van der Waals surface area (Å²) in [4.78, 5) is 4.47. The molecule has 0 atom stereocenters. The van der Waals surface area contributed by atoms with E-state index >= 15 is 0 Å². The monoisotopic (exact) mass is 361 g/mol. The fourth-order valence-corrected chi connectivity index (χ4v) is 3.24. The van der Waals surface area contributed by atoms with Crippen LogP contribution < -0.4 is 10.2 Å². The number of phenolic OH excluding ortho intramolecular Hbond substituents is 1. The number of hydrogen-bond donors (Lipinski definition) is 2. The van der Waals surface area contributed by atoms with E-state index in [1.165, 1.54) is 0 Å². The van der Waals surface area contributed by atoms with Gasteiger partial charge in [-0.15, -0.1) is 0 Å². The average molecular weight is 362 g/mol. The Kier molecular flexibility index (Phi) is 5.11. The van der Waals surface area contributed by atoms with Crippen molar-refractivity contribution in [3.63, 3.8) is 0 Å². The zero-order valence-corrected chi connectivity index (χ0v) is 15.1. The van der Waals surface area contributed by atoms with Crippen LogP contribution in [0.4, 0.5) is 11.4 Å². The molecule has 0 amide bonds. The quantitative estimate of drug-likeness (QED) is 0.794. The van der Waals surface area contributed by atoms with Gasteiger partial charge in [0.2, 0.25) is 0 Å². The lowest BCUT2D eigenvalue weighted by Gasteiger charge is -2.37. The third-order valence-corrected chi connectivity index (χ3v) is 5.06. The number of thiocarbonyl (C=S) groups is 1. The summed E-state index contributed by atoms with van der Waals surface area (Å²) in [5, 5.41) is 14.2. The fourth-order valence-electron chi connectivity index (χ4n) is 2.77. The van der Waals surface area contributed by atoms with Gasteiger partial charge in [0.1, 0.15) is 5.75 Å². The molecule has 0 bridgehead atoms. The zero-order chi connectivity index (χ0) is 17.1. The van der Waals surface area contributed by atoms with Crippen LogP contribution in [0.1, 0.15) is 5.56 Å². The lowest BCUT2D eigenvalue weighted by molar-refractivity contribution is 0.391. The first-order valence-electron chi connectivity index (χ1n) is 7.89. The van der Waals surface area contributed by atoms with E-state index in [0.29, 0.717) is 5.75 Å². The lowest BCUT2D eigenvalue weighted by Crippen LogP contribution is -2.50. The number of piperazine rings is 1. The molecular formula is C18H20ClN3OS. The summed E-state index contributed by atoms with van der Waals surface area (Å²) in [7, 11) is 0. The Balaban J connectivity index is 1.59. The van der Waals surface area contributed by atoms with Crippen molar-refractivity contribution in [2.45, 2.75) is 6.92 Å². The van der Waals surface area contributed by atoms with Crippen molar-refractivity contribution in [2.75, 3.05) is 36.4 Å². The third kappa shape index (κ3) is 3.74. The summed E-state index contributed by atoms with van der Waals surface area (Å²) in [6.07, 6.45) is 0. The van der Waals surface area contributed by atoms with Crippen molar-refractivity contribution in [1.82, 2.24) is 4.90 Å². The van der Waals surface area contributed by atoms with E-state index in [9.17, 15) is 5.11 Å². The van der Waals surface area contributed by atoms with Crippen LogP contribution in [-0.2, 0) is 0 Å². The minimum Gasteiger partial charge on any atom is -0.508 e. The summed E-state index contributed by atoms with van der Waals surface area (Å²) in [5.74, 6) is 0.291. The average Bonchev–Trinajstić information content (AvgIpc) is 2.60. The van der Waals surface area contributed by atoms with E-state index in [-0.39, 0.29) is 0 Å². The number of aromatic hydroxyl groups is 1. The molecule has 1 aliphatic heterocycles. The van der Waals surface area contributed by atoms with E-state index in [4.69, 9.17) is 23.8 Å². The third-order valence-electron chi connectivity index (χ3n) is 4.29. The molecule has 0 aromatic heterocycles. The van der Waals surface area contributed by atoms with Crippen LogP contribution in [-0.4, -0.2) is 41.3 Å². The molecule has 1 heterocycles. The molecule has 2 aromatic carbocycles. The molecule has 24 heavy (non-hydrogen) atoms. The van der Waals surface area contributed by atoms with Gasteiger partial charge in [0.05, 0.1) is 0 Å². The molecule has 0 radical (unpaired) electrons. The van der Waals surface area contributed by atoms with Gasteiger partial charge in [0.25, 0.3) is 0 Å². The Morgan fingerprint density at radius 3 is 2.42 bits per heavy atom. The SMILES string of the molecule is Cc1c(Cl)cccc1NC(=S)N1CCN(c2ccc(O)cc2)CC1. The van der Waals surface area contributed by atoms with Crippen LogP contribution in [0.3, 0.4) is 0 Å². The number of nitrogens with one attached hydrogen (secondary N) is 1. The predicted octanol–water partition coefficient (Wildman–Crippen LogP) is 3.87. The number of hydrogen-bond acceptors (Lipinski definition) is 3. The molecule has 4 nitrogen and oxygen atoms in total. The van der Waals surface area contributed by atoms with Crippen LogP contribution in [0.2, 0.25) is 5.02 Å². The largest absolute Gasteiger partial charge is 0.508 e. The maximum Gasteiger partial charge on any atom is 0.173 e. The van der Waals surface area contributed by atoms with Gasteiger partial charge in [-0.1, -0.05) is 17.7 Å². The van der Waals surface area contributed by atoms with Gasteiger partial charge >= 0.3 is 0 Å². The summed E-state index contributed by atoms with van der Waals surface area (Å²) in [6, 6.07) is 13.1. The van der Waals surface area contributed by atoms with E-state index in [2.05, 4.69) is 15.1 Å². The number of nitrogens with zero attached hydrogens (tertiary/aromatic N) is 2. The maximum absolute atomic E-state index is 9.39. The van der Waals surface area contributed by atoms with Crippen molar-refractivity contribution >= 4 is 40.3 Å². The Bertz CT molecular complexity index is 728. The van der Waals surface area contributed by atoms with E-state index in [1.54, 1.807) is 12.1 Å². The normalized spacial score (nSPS) is 14.6. The molecule has 2 N–H and O–H groups in total. The second kappa shape index (κ2) is 7.28. The van der Waals surface area contributed by atoms with Crippen LogP contribution in [0.15, 0.2) is 42.5 Å². The highest BCUT2D eigenvalue weighted by molar-refractivity contribution is 7.80. The molecular weight excluding hydrogens is 342 g/mol. The topological polar surface area (TPSA) is 38.7 Å². The summed E-state index contributed by atoms with van der Waals surface area (Å²) < 4.78 is 0. The van der Waals surface area contributed by atoms with Crippen LogP contribution in [0.5, 0.6) is 5.75 Å². The number of halogens is 1. The minimum absolute atomic E-state index is 0.291. The standard InChI is InChI=1S/C18H20ClN3OS/c1-13-16(19)3-2-4-17(13)20-18(24)22-11-9-21(10-12-22)14-5-7-15(23)8-6-14/h2-8,23H,9-12H2,1H3,(H,20,24). The molecule has 3 rings (SSSR count). The highest BCUT2D eigenvalue weighted by Gasteiger charge is 2.19. The highest BCUT2D eigenvalue weighted by Crippen LogP contribution is 2.24. The first-order chi connectivity index (χ1) is 11.5. The Morgan fingerprint density at radius 2 is 1.75 bits per heavy atom. The highest BCUT2D eigenvalue weighted by atomic mass is 35.5. The van der Waals surface area contributed by atoms with Gasteiger partial charge in [0, 0.05) is 42.6 Å². The van der Waals surface area contributed by atoms with Gasteiger partial charge in [-0.05, 0) is 61.1 Å². The zero-order valence-electron chi connectivity index (χ0n) is 13.5. The minimum atomic E-state index is 0.291. The smallest absolute Gasteiger partial charge is 0.173 e. The molecule has 6 heteroatoms. The van der Waals surface area contributed by atoms with Gasteiger partial charge < -0.3 is 20.2 Å². The maximum atomic E-state index is 9.39. The van der Waals surface area contributed by atoms with Crippen LogP contribution in [0, 0.1) is 6.92 Å². The van der Waals surface area contributed by atoms with Gasteiger partial charge in [-0.2, -0.15) is 0 Å². The number of benzene rings is 2. The molecule has 1 aliphatic rings. The number of rotatable bonds is 2. The molecule has 0 saturated carbocycles. The Hall–Kier alpha value is -1.98. The number of phenols is 1. The molecule has 0 unspecified atom stereocenters. The van der Waals surface area contributed by atoms with Crippen LogP contribution in [0.25, 0.3) is 0 Å². The second-order valence-corrected chi connectivity index (χ2v) is 6.63. The molecule has 1 saturated heterocycles. The van der Waals surface area contributed by atoms with Crippen molar-refractivity contribution in [1.29, 1.82) is 0 Å². The van der Waals surface area contributed by atoms with Crippen molar-refractivity contribution in [3.8, 4) is 5.75 Å². The van der Waals surface area contributed by atoms with E-state index in [0.717, 1.165) is 53.3 Å². The van der Waals surface area contributed by atoms with Crippen molar-refractivity contribution < 1.29 is 5.11 Å². The molecule has 2 aromatic rings. The van der Waals surface area contributed by atoms with Gasteiger partial charge in [0.15, 0.2) is 5.11 Å². The molecule has 0 spiro atoms. The predicted molar refractivity (Wildman–Crippen MR) is 104 cm³/mol. The fraction of sp³-hybridized carbons (Fsp3) is 0.278. The van der Waals surface area contributed by atoms with Gasteiger partial charge in [-0.25, -0.2) is 0 Å². The van der Waals surface area contributed by atoms with E-state index in [1.807, 2.05) is 37.3 Å². The molecule has 1 fully saturated rings. The number of anilines is 2. The second-order valence-electron chi connectivity index (χ2n) is 5.83. The first-order valence-corrected chi connectivity index (χ1v) is 8.68. The van der Waals surface area contributed by atoms with Crippen molar-refractivity contribution in [3.05, 3.63) is 53.1 Å². The first kappa shape index (κ1) is 16.9. The molecule has 0 aliphatic carbocycles. The van der Waals surface area contributed by atoms with E-state index < -0.39 is 0 Å². The Morgan fingerprint density at radius 1 is 1.08 bits per heavy atom. The summed E-state index contributed by atoms with van der Waals surface area (Å²) >= 11 is 11.7. The van der Waals surface area contributed by atoms with Crippen LogP contribution >= 0.6 is 23.8 Å². The van der Waals surface area contributed by atoms with Gasteiger partial charge in [-0.3, -0.25) is 0 Å². The summed E-state index contributed by atoms with van der Waals surface area (Å²) in [5.41, 5.74) is 3.08. The summed E-state index contributed by atoms with van der Waals surface area (Å²) in [6.45, 7) is 5.47. The van der Waals surface area contributed by atoms with Crippen molar-refractivity contribution in [2.24, 2.45) is 0 Å². The molecule has 126 valence electrons.